The summed E-state index contributed by atoms with van der Waals surface area (Å²) in [6.07, 6.45) is 92.8. The molecule has 0 saturated heterocycles. The number of unbranched alkanes of at least 4 members (excludes halogenated alkanes) is 36. The molecule has 1 atom stereocenters. The lowest BCUT2D eigenvalue weighted by molar-refractivity contribution is -0.167. The third-order valence-electron chi connectivity index (χ3n) is 15.0. The van der Waals surface area contributed by atoms with E-state index in [4.69, 9.17) is 14.2 Å². The van der Waals surface area contributed by atoms with Crippen molar-refractivity contribution < 1.29 is 28.6 Å². The Morgan fingerprint density at radius 1 is 0.247 bits per heavy atom. The summed E-state index contributed by atoms with van der Waals surface area (Å²) >= 11 is 0. The Bertz CT molecular complexity index is 1580. The number of allylic oxidation sites excluding steroid dienone is 16. The Morgan fingerprint density at radius 3 is 0.741 bits per heavy atom. The summed E-state index contributed by atoms with van der Waals surface area (Å²) in [5.74, 6) is -0.897. The molecule has 466 valence electrons. The molecule has 0 spiro atoms. The van der Waals surface area contributed by atoms with Crippen LogP contribution in [-0.2, 0) is 28.6 Å². The van der Waals surface area contributed by atoms with Crippen molar-refractivity contribution in [1.29, 1.82) is 0 Å². The zero-order chi connectivity index (χ0) is 58.5. The summed E-state index contributed by atoms with van der Waals surface area (Å²) in [7, 11) is 0. The topological polar surface area (TPSA) is 78.9 Å². The molecule has 0 saturated carbocycles. The van der Waals surface area contributed by atoms with Crippen LogP contribution < -0.4 is 0 Å². The van der Waals surface area contributed by atoms with Gasteiger partial charge in [-0.25, -0.2) is 0 Å². The van der Waals surface area contributed by atoms with Crippen molar-refractivity contribution in [1.82, 2.24) is 0 Å². The number of carbonyl (C=O) groups excluding carboxylic acids is 3. The van der Waals surface area contributed by atoms with Crippen LogP contribution in [-0.4, -0.2) is 37.2 Å². The Hall–Kier alpha value is -3.67. The summed E-state index contributed by atoms with van der Waals surface area (Å²) in [4.78, 5) is 38.4. The molecule has 0 aromatic heterocycles. The highest BCUT2D eigenvalue weighted by Gasteiger charge is 2.19. The van der Waals surface area contributed by atoms with Gasteiger partial charge in [-0.05, 0) is 122 Å². The minimum Gasteiger partial charge on any atom is -0.462 e. The zero-order valence-corrected chi connectivity index (χ0v) is 53.5. The van der Waals surface area contributed by atoms with Crippen LogP contribution in [0, 0.1) is 0 Å². The Kier molecular flexibility index (Phi) is 65.7. The van der Waals surface area contributed by atoms with Crippen LogP contribution in [0.1, 0.15) is 342 Å². The average molecular weight is 1130 g/mol. The second-order valence-corrected chi connectivity index (χ2v) is 23.1. The van der Waals surface area contributed by atoms with Crippen molar-refractivity contribution in [3.8, 4) is 0 Å². The van der Waals surface area contributed by atoms with Gasteiger partial charge in [-0.2, -0.15) is 0 Å². The first-order valence-corrected chi connectivity index (χ1v) is 34.7. The van der Waals surface area contributed by atoms with Crippen molar-refractivity contribution in [3.63, 3.8) is 0 Å². The molecule has 0 amide bonds. The van der Waals surface area contributed by atoms with E-state index in [1.807, 2.05) is 0 Å². The maximum atomic E-state index is 12.9. The van der Waals surface area contributed by atoms with E-state index in [1.165, 1.54) is 180 Å². The van der Waals surface area contributed by atoms with Crippen molar-refractivity contribution in [2.45, 2.75) is 348 Å². The molecule has 1 unspecified atom stereocenters. The first-order chi connectivity index (χ1) is 40.0. The smallest absolute Gasteiger partial charge is 0.306 e. The molecule has 0 rings (SSSR count). The summed E-state index contributed by atoms with van der Waals surface area (Å²) in [6.45, 7) is 6.57. The average Bonchev–Trinajstić information content (AvgIpc) is 3.46. The molecule has 6 heteroatoms. The van der Waals surface area contributed by atoms with Crippen molar-refractivity contribution in [2.24, 2.45) is 0 Å². The Morgan fingerprint density at radius 2 is 0.469 bits per heavy atom. The highest BCUT2D eigenvalue weighted by atomic mass is 16.6. The van der Waals surface area contributed by atoms with Gasteiger partial charge in [-0.3, -0.25) is 14.4 Å². The summed E-state index contributed by atoms with van der Waals surface area (Å²) in [6, 6.07) is 0. The van der Waals surface area contributed by atoms with E-state index in [-0.39, 0.29) is 31.1 Å². The van der Waals surface area contributed by atoms with Crippen LogP contribution in [0.25, 0.3) is 0 Å². The molecule has 0 radical (unpaired) electrons. The number of carbonyl (C=O) groups is 3. The molecule has 0 bridgehead atoms. The van der Waals surface area contributed by atoms with Crippen molar-refractivity contribution in [3.05, 3.63) is 97.2 Å². The lowest BCUT2D eigenvalue weighted by Crippen LogP contribution is -2.30. The third-order valence-corrected chi connectivity index (χ3v) is 15.0. The van der Waals surface area contributed by atoms with Gasteiger partial charge in [-0.1, -0.05) is 298 Å². The molecule has 0 aliphatic heterocycles. The molecular formula is C75H130O6. The van der Waals surface area contributed by atoms with E-state index < -0.39 is 6.10 Å². The number of hydrogen-bond acceptors (Lipinski definition) is 6. The second kappa shape index (κ2) is 68.8. The van der Waals surface area contributed by atoms with Crippen LogP contribution in [0.5, 0.6) is 0 Å². The minimum absolute atomic E-state index is 0.0852. The quantitative estimate of drug-likeness (QED) is 0.0261. The maximum absolute atomic E-state index is 12.9. The first kappa shape index (κ1) is 77.3. The fourth-order valence-corrected chi connectivity index (χ4v) is 9.79. The van der Waals surface area contributed by atoms with E-state index in [0.717, 1.165) is 122 Å². The fourth-order valence-electron chi connectivity index (χ4n) is 9.79. The first-order valence-electron chi connectivity index (χ1n) is 34.7. The van der Waals surface area contributed by atoms with Crippen molar-refractivity contribution in [2.75, 3.05) is 13.2 Å². The minimum atomic E-state index is -0.791. The van der Waals surface area contributed by atoms with Gasteiger partial charge in [0.1, 0.15) is 13.2 Å². The number of hydrogen-bond donors (Lipinski definition) is 0. The lowest BCUT2D eigenvalue weighted by Gasteiger charge is -2.18. The monoisotopic (exact) mass is 1130 g/mol. The standard InChI is InChI=1S/C75H130O6/c1-4-7-10-13-16-19-22-25-27-29-31-33-35-36-37-38-40-41-43-45-47-50-53-56-59-62-65-68-74(77)80-71-72(70-79-73(76)67-64-61-58-55-52-49-24-21-18-15-12-9-6-3)81-75(78)69-66-63-60-57-54-51-48-46-44-42-39-34-32-30-28-26-23-20-17-14-11-8-5-2/h12,15,21-26,29-32,35-36,39,42,72H,4-11,13-14,16-20,27-28,33-34,37-38,40-41,43-71H2,1-3H3/b15-12-,24-21-,25-22-,26-23-,31-29-,32-30-,36-35-,42-39-. The van der Waals surface area contributed by atoms with E-state index in [0.29, 0.717) is 19.3 Å². The van der Waals surface area contributed by atoms with Crippen LogP contribution >= 0.6 is 0 Å². The van der Waals surface area contributed by atoms with E-state index in [2.05, 4.69) is 118 Å². The summed E-state index contributed by atoms with van der Waals surface area (Å²) in [5.41, 5.74) is 0. The second-order valence-electron chi connectivity index (χ2n) is 23.1. The molecule has 0 fully saturated rings. The number of rotatable bonds is 63. The van der Waals surface area contributed by atoms with Crippen molar-refractivity contribution >= 4 is 17.9 Å². The van der Waals surface area contributed by atoms with Crippen LogP contribution in [0.2, 0.25) is 0 Å². The predicted octanol–water partition coefficient (Wildman–Crippen LogP) is 24.0. The molecule has 0 aromatic rings. The number of esters is 3. The number of ether oxygens (including phenoxy) is 3. The Labute approximate surface area is 502 Å². The molecule has 81 heavy (non-hydrogen) atoms. The molecule has 0 N–H and O–H groups in total. The van der Waals surface area contributed by atoms with E-state index in [9.17, 15) is 14.4 Å². The fraction of sp³-hybridized carbons (Fsp3) is 0.747. The van der Waals surface area contributed by atoms with Crippen LogP contribution in [0.15, 0.2) is 97.2 Å². The van der Waals surface area contributed by atoms with Gasteiger partial charge in [0.15, 0.2) is 6.10 Å². The molecule has 0 aliphatic carbocycles. The van der Waals surface area contributed by atoms with Gasteiger partial charge in [0, 0.05) is 19.3 Å². The largest absolute Gasteiger partial charge is 0.462 e. The van der Waals surface area contributed by atoms with Gasteiger partial charge in [0.25, 0.3) is 0 Å². The lowest BCUT2D eigenvalue weighted by atomic mass is 10.0. The molecular weight excluding hydrogens is 997 g/mol. The van der Waals surface area contributed by atoms with Crippen LogP contribution in [0.4, 0.5) is 0 Å². The van der Waals surface area contributed by atoms with Gasteiger partial charge >= 0.3 is 17.9 Å². The molecule has 0 aromatic carbocycles. The SMILES string of the molecule is CCC/C=C\C/C=C\CCCCCCCC(=O)OCC(COC(=O)CCCCCCCCCCCCCC/C=C\C/C=C\C/C=C\CCCCCCC)OC(=O)CCCCCCCCCC/C=C\C/C=C\C/C=C\CCCCCCC. The van der Waals surface area contributed by atoms with E-state index in [1.54, 1.807) is 0 Å². The van der Waals surface area contributed by atoms with E-state index >= 15 is 0 Å². The van der Waals surface area contributed by atoms with Gasteiger partial charge < -0.3 is 14.2 Å². The third kappa shape index (κ3) is 67.0. The molecule has 0 aliphatic rings. The zero-order valence-electron chi connectivity index (χ0n) is 53.5. The summed E-state index contributed by atoms with van der Waals surface area (Å²) < 4.78 is 17.0. The van der Waals surface area contributed by atoms with Crippen LogP contribution in [0.3, 0.4) is 0 Å². The molecule has 6 nitrogen and oxygen atoms in total. The maximum Gasteiger partial charge on any atom is 0.306 e. The highest BCUT2D eigenvalue weighted by Crippen LogP contribution is 2.16. The predicted molar refractivity (Wildman–Crippen MR) is 353 cm³/mol. The molecule has 0 heterocycles. The highest BCUT2D eigenvalue weighted by molar-refractivity contribution is 5.71. The van der Waals surface area contributed by atoms with Gasteiger partial charge in [-0.15, -0.1) is 0 Å². The van der Waals surface area contributed by atoms with Gasteiger partial charge in [0.05, 0.1) is 0 Å². The Balaban J connectivity index is 4.31. The normalized spacial score (nSPS) is 12.7. The summed E-state index contributed by atoms with van der Waals surface area (Å²) in [5, 5.41) is 0. The van der Waals surface area contributed by atoms with Gasteiger partial charge in [0.2, 0.25) is 0 Å².